The summed E-state index contributed by atoms with van der Waals surface area (Å²) < 4.78 is 1.62. The molecule has 1 aliphatic rings. The highest BCUT2D eigenvalue weighted by Gasteiger charge is 2.16. The van der Waals surface area contributed by atoms with E-state index < -0.39 is 0 Å². The Kier molecular flexibility index (Phi) is 3.03. The highest BCUT2D eigenvalue weighted by molar-refractivity contribution is 6.11. The largest absolute Gasteiger partial charge is 0.260 e. The average molecular weight is 328 g/mol. The fourth-order valence-electron chi connectivity index (χ4n) is 3.55. The number of aryl methyl sites for hydroxylation is 2. The lowest BCUT2D eigenvalue weighted by Gasteiger charge is -2.09. The molecule has 5 rings (SSSR count). The first-order valence-electron chi connectivity index (χ1n) is 8.31. The summed E-state index contributed by atoms with van der Waals surface area (Å²) in [6.07, 6.45) is 3.83. The van der Waals surface area contributed by atoms with Crippen molar-refractivity contribution in [3.63, 3.8) is 0 Å². The first-order valence-corrected chi connectivity index (χ1v) is 8.31. The van der Waals surface area contributed by atoms with Gasteiger partial charge in [-0.25, -0.2) is 0 Å². The number of nitrogens with one attached hydrogen (secondary N) is 1. The summed E-state index contributed by atoms with van der Waals surface area (Å²) in [4.78, 5) is 0. The molecule has 122 valence electrons. The van der Waals surface area contributed by atoms with Gasteiger partial charge < -0.3 is 0 Å². The third-order valence-electron chi connectivity index (χ3n) is 4.77. The van der Waals surface area contributed by atoms with E-state index >= 15 is 0 Å². The maximum atomic E-state index is 4.54. The lowest BCUT2D eigenvalue weighted by Crippen LogP contribution is -2.03. The molecule has 2 heterocycles. The van der Waals surface area contributed by atoms with Gasteiger partial charge in [-0.3, -0.25) is 5.43 Å². The van der Waals surface area contributed by atoms with Gasteiger partial charge in [0.05, 0.1) is 5.71 Å². The van der Waals surface area contributed by atoms with Gasteiger partial charge in [0.2, 0.25) is 0 Å². The van der Waals surface area contributed by atoms with Crippen LogP contribution in [0.15, 0.2) is 53.9 Å². The predicted octanol–water partition coefficient (Wildman–Crippen LogP) is 3.21. The summed E-state index contributed by atoms with van der Waals surface area (Å²) >= 11 is 0. The number of aromatic nitrogens is 4. The van der Waals surface area contributed by atoms with Crippen LogP contribution in [0.4, 0.5) is 5.82 Å². The maximum absolute atomic E-state index is 4.54. The summed E-state index contributed by atoms with van der Waals surface area (Å²) in [5, 5.41) is 19.4. The minimum absolute atomic E-state index is 0.651. The van der Waals surface area contributed by atoms with Gasteiger partial charge in [0.15, 0.2) is 11.5 Å². The fraction of sp³-hybridized carbons (Fsp3) is 0.158. The smallest absolute Gasteiger partial charge is 0.177 e. The van der Waals surface area contributed by atoms with Crippen molar-refractivity contribution in [2.24, 2.45) is 5.10 Å². The molecular formula is C19H16N6. The monoisotopic (exact) mass is 328 g/mol. The number of hydrogen-bond donors (Lipinski definition) is 1. The Morgan fingerprint density at radius 3 is 2.88 bits per heavy atom. The molecule has 4 aromatic rings. The number of hydrogen-bond acceptors (Lipinski definition) is 5. The number of nitrogens with zero attached hydrogens (tertiary/aromatic N) is 5. The van der Waals surface area contributed by atoms with Crippen LogP contribution in [0.5, 0.6) is 0 Å². The molecule has 0 bridgehead atoms. The van der Waals surface area contributed by atoms with E-state index in [1.54, 1.807) is 10.8 Å². The normalized spacial score (nSPS) is 13.7. The molecule has 6 heteroatoms. The number of rotatable bonds is 3. The summed E-state index contributed by atoms with van der Waals surface area (Å²) in [5.74, 6) is 0.651. The average Bonchev–Trinajstić information content (AvgIpc) is 3.28. The summed E-state index contributed by atoms with van der Waals surface area (Å²) in [5.41, 5.74) is 8.71. The van der Waals surface area contributed by atoms with E-state index in [2.05, 4.69) is 56.2 Å². The molecule has 0 aliphatic heterocycles. The van der Waals surface area contributed by atoms with Crippen LogP contribution < -0.4 is 5.43 Å². The Hall–Kier alpha value is -3.28. The molecule has 2 aromatic carbocycles. The Morgan fingerprint density at radius 1 is 1.08 bits per heavy atom. The van der Waals surface area contributed by atoms with E-state index in [9.17, 15) is 0 Å². The van der Waals surface area contributed by atoms with E-state index in [0.29, 0.717) is 11.5 Å². The molecule has 0 unspecified atom stereocenters. The van der Waals surface area contributed by atoms with Crippen molar-refractivity contribution in [2.45, 2.75) is 19.8 Å². The van der Waals surface area contributed by atoms with Crippen molar-refractivity contribution in [3.05, 3.63) is 65.5 Å². The number of benzene rings is 2. The van der Waals surface area contributed by atoms with Crippen molar-refractivity contribution in [3.8, 4) is 0 Å². The Morgan fingerprint density at radius 2 is 1.96 bits per heavy atom. The lowest BCUT2D eigenvalue weighted by atomic mass is 9.98. The molecule has 0 amide bonds. The van der Waals surface area contributed by atoms with Crippen LogP contribution in [-0.4, -0.2) is 25.5 Å². The van der Waals surface area contributed by atoms with Crippen LogP contribution in [0.2, 0.25) is 0 Å². The maximum Gasteiger partial charge on any atom is 0.177 e. The number of hydrazone groups is 1. The number of anilines is 1. The van der Waals surface area contributed by atoms with Crippen molar-refractivity contribution in [1.82, 2.24) is 19.8 Å². The fourth-order valence-corrected chi connectivity index (χ4v) is 3.55. The first-order chi connectivity index (χ1) is 12.3. The molecule has 0 saturated heterocycles. The van der Waals surface area contributed by atoms with Gasteiger partial charge >= 0.3 is 0 Å². The summed E-state index contributed by atoms with van der Waals surface area (Å²) in [7, 11) is 0. The molecule has 2 aromatic heterocycles. The third-order valence-corrected chi connectivity index (χ3v) is 4.77. The summed E-state index contributed by atoms with van der Waals surface area (Å²) in [6.45, 7) is 2.02. The Balaban J connectivity index is 1.52. The number of fused-ring (bicyclic) bond motifs is 1. The lowest BCUT2D eigenvalue weighted by molar-refractivity contribution is 0.924. The first kappa shape index (κ1) is 14.1. The van der Waals surface area contributed by atoms with Crippen molar-refractivity contribution >= 4 is 27.9 Å². The molecule has 1 N–H and O–H groups in total. The van der Waals surface area contributed by atoms with E-state index in [1.165, 1.54) is 21.9 Å². The van der Waals surface area contributed by atoms with Crippen LogP contribution in [0, 0.1) is 0 Å². The molecule has 1 aliphatic carbocycles. The topological polar surface area (TPSA) is 67.5 Å². The van der Waals surface area contributed by atoms with Crippen LogP contribution in [0.25, 0.3) is 16.4 Å². The van der Waals surface area contributed by atoms with Gasteiger partial charge in [-0.15, -0.1) is 15.3 Å². The van der Waals surface area contributed by atoms with Gasteiger partial charge in [0.1, 0.15) is 6.33 Å². The predicted molar refractivity (Wildman–Crippen MR) is 98.0 cm³/mol. The van der Waals surface area contributed by atoms with Crippen LogP contribution in [0.1, 0.15) is 23.6 Å². The quantitative estimate of drug-likeness (QED) is 0.463. The molecular weight excluding hydrogens is 312 g/mol. The van der Waals surface area contributed by atoms with Gasteiger partial charge in [0, 0.05) is 5.56 Å². The van der Waals surface area contributed by atoms with Crippen molar-refractivity contribution < 1.29 is 0 Å². The molecule has 0 atom stereocenters. The zero-order valence-electron chi connectivity index (χ0n) is 13.8. The van der Waals surface area contributed by atoms with Crippen LogP contribution in [-0.2, 0) is 12.8 Å². The van der Waals surface area contributed by atoms with E-state index in [1.807, 2.05) is 19.1 Å². The van der Waals surface area contributed by atoms with Gasteiger partial charge in [0.25, 0.3) is 0 Å². The molecule has 0 fully saturated rings. The van der Waals surface area contributed by atoms with Gasteiger partial charge in [-0.1, -0.05) is 30.3 Å². The molecule has 6 nitrogen and oxygen atoms in total. The minimum Gasteiger partial charge on any atom is -0.260 e. The Bertz CT molecular complexity index is 1130. The molecule has 0 saturated carbocycles. The van der Waals surface area contributed by atoms with Crippen molar-refractivity contribution in [2.75, 3.05) is 5.43 Å². The molecule has 0 spiro atoms. The van der Waals surface area contributed by atoms with Gasteiger partial charge in [-0.05, 0) is 53.8 Å². The summed E-state index contributed by atoms with van der Waals surface area (Å²) in [6, 6.07) is 14.6. The Labute approximate surface area is 144 Å². The van der Waals surface area contributed by atoms with E-state index in [-0.39, 0.29) is 0 Å². The molecule has 25 heavy (non-hydrogen) atoms. The SMILES string of the molecule is C/C(=N\Nc1ccc2nncn2n1)c1ccc2c3c(cccc13)CC2. The van der Waals surface area contributed by atoms with Gasteiger partial charge in [-0.2, -0.15) is 9.62 Å². The zero-order valence-corrected chi connectivity index (χ0v) is 13.8. The second-order valence-electron chi connectivity index (χ2n) is 6.27. The minimum atomic E-state index is 0.651. The highest BCUT2D eigenvalue weighted by atomic mass is 15.4. The second kappa shape index (κ2) is 5.37. The van der Waals surface area contributed by atoms with E-state index in [0.717, 1.165) is 24.1 Å². The van der Waals surface area contributed by atoms with Crippen LogP contribution in [0.3, 0.4) is 0 Å². The van der Waals surface area contributed by atoms with Crippen molar-refractivity contribution in [1.29, 1.82) is 0 Å². The van der Waals surface area contributed by atoms with E-state index in [4.69, 9.17) is 0 Å². The molecule has 0 radical (unpaired) electrons. The third kappa shape index (κ3) is 2.26. The standard InChI is InChI=1S/C19H16N6/c1-12(21-22-17-9-10-18-23-20-11-25(18)24-17)15-8-7-14-6-5-13-3-2-4-16(15)19(13)14/h2-4,7-11H,5-6H2,1H3,(H,22,24)/b21-12+. The highest BCUT2D eigenvalue weighted by Crippen LogP contribution is 2.33. The zero-order chi connectivity index (χ0) is 16.8. The second-order valence-corrected chi connectivity index (χ2v) is 6.27. The van der Waals surface area contributed by atoms with Crippen LogP contribution >= 0.6 is 0 Å².